The molecule has 0 heterocycles. The van der Waals surface area contributed by atoms with E-state index in [2.05, 4.69) is 19.2 Å². The van der Waals surface area contributed by atoms with Crippen LogP contribution in [-0.2, 0) is 9.84 Å². The molecule has 0 aliphatic heterocycles. The van der Waals surface area contributed by atoms with Gasteiger partial charge < -0.3 is 5.32 Å². The smallest absolute Gasteiger partial charge is 0.175 e. The van der Waals surface area contributed by atoms with Crippen molar-refractivity contribution >= 4 is 27.1 Å². The van der Waals surface area contributed by atoms with Gasteiger partial charge >= 0.3 is 0 Å². The van der Waals surface area contributed by atoms with Crippen LogP contribution in [0.1, 0.15) is 33.1 Å². The molecular weight excluding hydrogens is 282 g/mol. The molecule has 2 rings (SSSR count). The summed E-state index contributed by atoms with van der Waals surface area (Å²) < 4.78 is 23.1. The number of anilines is 1. The Morgan fingerprint density at radius 1 is 1.37 bits per heavy atom. The molecule has 1 atom stereocenters. The Balaban J connectivity index is 2.21. The molecular formula is C14H20ClNO2S. The molecule has 0 aromatic heterocycles. The zero-order valence-corrected chi connectivity index (χ0v) is 13.1. The fraction of sp³-hybridized carbons (Fsp3) is 0.571. The fourth-order valence-electron chi connectivity index (χ4n) is 2.62. The highest BCUT2D eigenvalue weighted by Gasteiger charge is 2.31. The first-order valence-electron chi connectivity index (χ1n) is 6.44. The van der Waals surface area contributed by atoms with Crippen molar-refractivity contribution in [3.63, 3.8) is 0 Å². The standard InChI is InChI=1S/C14H20ClNO2S/c1-14(2)7-6-10(9-14)16-13-8-11(19(3,17)18)4-5-12(13)15/h4-5,8,10,16H,6-7,9H2,1-3H3. The van der Waals surface area contributed by atoms with Gasteiger partial charge in [0.05, 0.1) is 15.6 Å². The molecule has 1 unspecified atom stereocenters. The van der Waals surface area contributed by atoms with E-state index in [1.54, 1.807) is 18.2 Å². The molecule has 0 spiro atoms. The van der Waals surface area contributed by atoms with E-state index in [0.29, 0.717) is 27.1 Å². The van der Waals surface area contributed by atoms with Crippen LogP contribution in [-0.4, -0.2) is 20.7 Å². The summed E-state index contributed by atoms with van der Waals surface area (Å²) in [4.78, 5) is 0.302. The van der Waals surface area contributed by atoms with E-state index < -0.39 is 9.84 Å². The second-order valence-corrected chi connectivity index (χ2v) is 8.59. The highest BCUT2D eigenvalue weighted by molar-refractivity contribution is 7.90. The van der Waals surface area contributed by atoms with E-state index in [1.165, 1.54) is 12.7 Å². The zero-order valence-electron chi connectivity index (χ0n) is 11.5. The van der Waals surface area contributed by atoms with Crippen molar-refractivity contribution in [3.8, 4) is 0 Å². The second kappa shape index (κ2) is 4.98. The minimum Gasteiger partial charge on any atom is -0.381 e. The van der Waals surface area contributed by atoms with E-state index in [4.69, 9.17) is 11.6 Å². The third kappa shape index (κ3) is 3.63. The molecule has 3 nitrogen and oxygen atoms in total. The summed E-state index contributed by atoms with van der Waals surface area (Å²) in [5, 5.41) is 3.95. The molecule has 1 fully saturated rings. The fourth-order valence-corrected chi connectivity index (χ4v) is 3.44. The Kier molecular flexibility index (Phi) is 3.85. The number of halogens is 1. The molecule has 1 N–H and O–H groups in total. The maximum atomic E-state index is 11.6. The minimum absolute atomic E-state index is 0.302. The molecule has 1 saturated carbocycles. The third-order valence-electron chi connectivity index (χ3n) is 3.69. The Hall–Kier alpha value is -0.740. The van der Waals surface area contributed by atoms with E-state index >= 15 is 0 Å². The van der Waals surface area contributed by atoms with Gasteiger partial charge in [-0.05, 0) is 42.9 Å². The Morgan fingerprint density at radius 3 is 2.58 bits per heavy atom. The largest absolute Gasteiger partial charge is 0.381 e. The lowest BCUT2D eigenvalue weighted by molar-refractivity contribution is 0.378. The highest BCUT2D eigenvalue weighted by atomic mass is 35.5. The molecule has 0 amide bonds. The number of benzene rings is 1. The summed E-state index contributed by atoms with van der Waals surface area (Å²) >= 11 is 6.14. The van der Waals surface area contributed by atoms with Gasteiger partial charge in [-0.25, -0.2) is 8.42 Å². The molecule has 0 saturated heterocycles. The highest BCUT2D eigenvalue weighted by Crippen LogP contribution is 2.39. The average Bonchev–Trinajstić information content (AvgIpc) is 2.60. The van der Waals surface area contributed by atoms with Gasteiger partial charge in [-0.3, -0.25) is 0 Å². The molecule has 1 aromatic carbocycles. The first kappa shape index (κ1) is 14.7. The molecule has 19 heavy (non-hydrogen) atoms. The summed E-state index contributed by atoms with van der Waals surface area (Å²) in [6.07, 6.45) is 4.55. The molecule has 1 aliphatic rings. The quantitative estimate of drug-likeness (QED) is 0.925. The summed E-state index contributed by atoms with van der Waals surface area (Å²) in [6, 6.07) is 5.17. The van der Waals surface area contributed by atoms with E-state index in [1.807, 2.05) is 0 Å². The Morgan fingerprint density at radius 2 is 2.05 bits per heavy atom. The summed E-state index contributed by atoms with van der Waals surface area (Å²) in [5.74, 6) is 0. The lowest BCUT2D eigenvalue weighted by Crippen LogP contribution is -2.18. The maximum absolute atomic E-state index is 11.6. The van der Waals surface area contributed by atoms with Gasteiger partial charge in [0, 0.05) is 12.3 Å². The van der Waals surface area contributed by atoms with Crippen LogP contribution < -0.4 is 5.32 Å². The molecule has 0 radical (unpaired) electrons. The van der Waals surface area contributed by atoms with Crippen LogP contribution in [0.4, 0.5) is 5.69 Å². The third-order valence-corrected chi connectivity index (χ3v) is 5.13. The summed E-state index contributed by atoms with van der Waals surface area (Å²) in [6.45, 7) is 4.51. The van der Waals surface area contributed by atoms with E-state index in [9.17, 15) is 8.42 Å². The average molecular weight is 302 g/mol. The van der Waals surface area contributed by atoms with Crippen molar-refractivity contribution in [2.24, 2.45) is 5.41 Å². The number of hydrogen-bond acceptors (Lipinski definition) is 3. The normalized spacial score (nSPS) is 22.4. The molecule has 106 valence electrons. The van der Waals surface area contributed by atoms with Gasteiger partial charge in [-0.1, -0.05) is 25.4 Å². The van der Waals surface area contributed by atoms with Crippen molar-refractivity contribution in [2.45, 2.75) is 44.0 Å². The van der Waals surface area contributed by atoms with Crippen LogP contribution >= 0.6 is 11.6 Å². The van der Waals surface area contributed by atoms with Crippen molar-refractivity contribution < 1.29 is 8.42 Å². The monoisotopic (exact) mass is 301 g/mol. The lowest BCUT2D eigenvalue weighted by atomic mass is 9.92. The molecule has 1 aliphatic carbocycles. The van der Waals surface area contributed by atoms with Crippen molar-refractivity contribution in [1.29, 1.82) is 0 Å². The van der Waals surface area contributed by atoms with Crippen molar-refractivity contribution in [1.82, 2.24) is 0 Å². The van der Waals surface area contributed by atoms with E-state index in [-0.39, 0.29) is 0 Å². The van der Waals surface area contributed by atoms with Crippen molar-refractivity contribution in [3.05, 3.63) is 23.2 Å². The number of nitrogens with one attached hydrogen (secondary N) is 1. The van der Waals surface area contributed by atoms with Gasteiger partial charge in [0.2, 0.25) is 0 Å². The van der Waals surface area contributed by atoms with Crippen LogP contribution in [0.5, 0.6) is 0 Å². The van der Waals surface area contributed by atoms with Crippen LogP contribution in [0.25, 0.3) is 0 Å². The molecule has 0 bridgehead atoms. The Bertz CT molecular complexity index is 581. The van der Waals surface area contributed by atoms with Crippen molar-refractivity contribution in [2.75, 3.05) is 11.6 Å². The Labute approximate surface area is 120 Å². The number of rotatable bonds is 3. The van der Waals surface area contributed by atoms with Gasteiger partial charge in [0.25, 0.3) is 0 Å². The van der Waals surface area contributed by atoms with Gasteiger partial charge in [0.1, 0.15) is 0 Å². The summed E-state index contributed by atoms with van der Waals surface area (Å²) in [5.41, 5.74) is 1.06. The maximum Gasteiger partial charge on any atom is 0.175 e. The van der Waals surface area contributed by atoms with Crippen LogP contribution in [0, 0.1) is 5.41 Å². The first-order valence-corrected chi connectivity index (χ1v) is 8.70. The second-order valence-electron chi connectivity index (χ2n) is 6.16. The summed E-state index contributed by atoms with van der Waals surface area (Å²) in [7, 11) is -3.20. The predicted octanol–water partition coefficient (Wildman–Crippen LogP) is 3.73. The van der Waals surface area contributed by atoms with Gasteiger partial charge in [-0.15, -0.1) is 0 Å². The zero-order chi connectivity index (χ0) is 14.3. The van der Waals surface area contributed by atoms with Gasteiger partial charge in [0.15, 0.2) is 9.84 Å². The number of hydrogen-bond donors (Lipinski definition) is 1. The molecule has 5 heteroatoms. The van der Waals surface area contributed by atoms with Crippen LogP contribution in [0.15, 0.2) is 23.1 Å². The van der Waals surface area contributed by atoms with Gasteiger partial charge in [-0.2, -0.15) is 0 Å². The molecule has 1 aromatic rings. The lowest BCUT2D eigenvalue weighted by Gasteiger charge is -2.19. The minimum atomic E-state index is -3.20. The van der Waals surface area contributed by atoms with E-state index in [0.717, 1.165) is 12.8 Å². The predicted molar refractivity (Wildman–Crippen MR) is 79.6 cm³/mol. The SMILES string of the molecule is CC1(C)CCC(Nc2cc(S(C)(=O)=O)ccc2Cl)C1. The first-order chi connectivity index (χ1) is 8.67. The number of sulfone groups is 1. The van der Waals surface area contributed by atoms with Crippen LogP contribution in [0.3, 0.4) is 0 Å². The topological polar surface area (TPSA) is 46.2 Å². The van der Waals surface area contributed by atoms with Crippen LogP contribution in [0.2, 0.25) is 5.02 Å².